The van der Waals surface area contributed by atoms with E-state index in [4.69, 9.17) is 14.2 Å². The topological polar surface area (TPSA) is 108 Å². The predicted molar refractivity (Wildman–Crippen MR) is 90.3 cm³/mol. The molecule has 0 aromatic heterocycles. The van der Waals surface area contributed by atoms with E-state index < -0.39 is 28.4 Å². The molecule has 25 heavy (non-hydrogen) atoms. The highest BCUT2D eigenvalue weighted by atomic mass is 32.2. The fourth-order valence-electron chi connectivity index (χ4n) is 1.89. The van der Waals surface area contributed by atoms with Crippen LogP contribution >= 0.6 is 11.8 Å². The van der Waals surface area contributed by atoms with Crippen molar-refractivity contribution < 1.29 is 38.4 Å². The number of hydrogen-bond acceptors (Lipinski definition) is 9. The van der Waals surface area contributed by atoms with Gasteiger partial charge in [-0.3, -0.25) is 14.4 Å². The van der Waals surface area contributed by atoms with Crippen molar-refractivity contribution in [1.29, 1.82) is 0 Å². The Morgan fingerprint density at radius 1 is 1.08 bits per heavy atom. The first-order valence-corrected chi connectivity index (χ1v) is 8.04. The summed E-state index contributed by atoms with van der Waals surface area (Å²) < 4.78 is 19.9. The van der Waals surface area contributed by atoms with E-state index in [0.717, 1.165) is 0 Å². The summed E-state index contributed by atoms with van der Waals surface area (Å²) >= 11 is 0.614. The fraction of sp³-hybridized carbons (Fsp3) is 0.438. The van der Waals surface area contributed by atoms with Gasteiger partial charge in [0.05, 0.1) is 27.4 Å². The first kappa shape index (κ1) is 20.8. The highest BCUT2D eigenvalue weighted by Crippen LogP contribution is 2.40. The van der Waals surface area contributed by atoms with Crippen LogP contribution in [0.5, 0.6) is 17.2 Å². The third-order valence-electron chi connectivity index (χ3n) is 3.05. The summed E-state index contributed by atoms with van der Waals surface area (Å²) in [4.78, 5) is 35.4. The molecular weight excluding hydrogens is 352 g/mol. The molecule has 0 amide bonds. The van der Waals surface area contributed by atoms with Crippen molar-refractivity contribution in [3.8, 4) is 17.2 Å². The van der Waals surface area contributed by atoms with Crippen LogP contribution in [0.4, 0.5) is 0 Å². The molecule has 138 valence electrons. The Kier molecular flexibility index (Phi) is 7.72. The van der Waals surface area contributed by atoms with E-state index >= 15 is 0 Å². The largest absolute Gasteiger partial charge is 0.493 e. The monoisotopic (exact) mass is 372 g/mol. The first-order valence-electron chi connectivity index (χ1n) is 7.16. The number of thioether (sulfide) groups is 1. The van der Waals surface area contributed by atoms with Crippen LogP contribution in [-0.2, 0) is 14.3 Å². The number of hydrogen-bond donors (Lipinski definition) is 1. The number of esters is 2. The van der Waals surface area contributed by atoms with E-state index in [0.29, 0.717) is 11.8 Å². The lowest BCUT2D eigenvalue weighted by Gasteiger charge is -2.17. The number of methoxy groups -OCH3 is 3. The van der Waals surface area contributed by atoms with Crippen molar-refractivity contribution in [2.45, 2.75) is 25.2 Å². The molecule has 0 bridgehead atoms. The lowest BCUT2D eigenvalue weighted by molar-refractivity contribution is -0.141. The molecule has 0 aliphatic heterocycles. The number of benzene rings is 1. The average molecular weight is 372 g/mol. The van der Waals surface area contributed by atoms with Gasteiger partial charge in [-0.15, -0.1) is 0 Å². The smallest absolute Gasteiger partial charge is 0.321 e. The average Bonchev–Trinajstić information content (AvgIpc) is 2.57. The van der Waals surface area contributed by atoms with Gasteiger partial charge in [-0.2, -0.15) is 0 Å². The van der Waals surface area contributed by atoms with Crippen LogP contribution in [0.3, 0.4) is 0 Å². The lowest BCUT2D eigenvalue weighted by atomic mass is 10.2. The van der Waals surface area contributed by atoms with E-state index in [-0.39, 0.29) is 22.8 Å². The second kappa shape index (κ2) is 9.28. The van der Waals surface area contributed by atoms with Crippen LogP contribution in [0.15, 0.2) is 12.1 Å². The fourth-order valence-corrected chi connectivity index (χ4v) is 2.76. The molecule has 0 aliphatic rings. The standard InChI is InChI=1S/C16H20O8S/c1-8(17)14(15(19)23-5)25-16(20)10-6-11(21-3)13(24-9(2)18)12(7-10)22-4/h6-8,14,17H,1-5H3/t8-,14+/m1/s1. The van der Waals surface area contributed by atoms with Gasteiger partial charge in [-0.25, -0.2) is 0 Å². The van der Waals surface area contributed by atoms with Crippen LogP contribution in [0.25, 0.3) is 0 Å². The molecular formula is C16H20O8S. The zero-order valence-corrected chi connectivity index (χ0v) is 15.3. The van der Waals surface area contributed by atoms with Gasteiger partial charge in [0.15, 0.2) is 11.5 Å². The molecule has 1 aromatic carbocycles. The molecule has 1 rings (SSSR count). The van der Waals surface area contributed by atoms with Gasteiger partial charge in [-0.05, 0) is 19.1 Å². The summed E-state index contributed by atoms with van der Waals surface area (Å²) in [5.41, 5.74) is 0.143. The number of ether oxygens (including phenoxy) is 4. The second-order valence-electron chi connectivity index (χ2n) is 4.89. The number of rotatable bonds is 7. The maximum Gasteiger partial charge on any atom is 0.321 e. The minimum Gasteiger partial charge on any atom is -0.493 e. The van der Waals surface area contributed by atoms with Crippen LogP contribution in [0.1, 0.15) is 24.2 Å². The summed E-state index contributed by atoms with van der Waals surface area (Å²) in [7, 11) is 3.86. The van der Waals surface area contributed by atoms with E-state index in [1.807, 2.05) is 0 Å². The number of aliphatic hydroxyl groups excluding tert-OH is 1. The molecule has 8 nitrogen and oxygen atoms in total. The van der Waals surface area contributed by atoms with E-state index in [2.05, 4.69) is 4.74 Å². The maximum atomic E-state index is 12.5. The Hall–Kier alpha value is -2.26. The molecule has 9 heteroatoms. The molecule has 1 aromatic rings. The molecule has 0 aliphatic carbocycles. The van der Waals surface area contributed by atoms with Gasteiger partial charge >= 0.3 is 11.9 Å². The Morgan fingerprint density at radius 3 is 1.96 bits per heavy atom. The number of aliphatic hydroxyl groups is 1. The highest BCUT2D eigenvalue weighted by Gasteiger charge is 2.30. The van der Waals surface area contributed by atoms with Gasteiger partial charge in [0.25, 0.3) is 0 Å². The van der Waals surface area contributed by atoms with Crippen molar-refractivity contribution in [3.05, 3.63) is 17.7 Å². The molecule has 1 N–H and O–H groups in total. The molecule has 0 heterocycles. The van der Waals surface area contributed by atoms with Crippen molar-refractivity contribution in [2.24, 2.45) is 0 Å². The van der Waals surface area contributed by atoms with Gasteiger partial charge in [0.2, 0.25) is 10.9 Å². The van der Waals surface area contributed by atoms with Gasteiger partial charge in [0.1, 0.15) is 5.25 Å². The SMILES string of the molecule is COC(=O)[C@@H](SC(=O)c1cc(OC)c(OC(C)=O)c(OC)c1)[C@@H](C)O. The van der Waals surface area contributed by atoms with E-state index in [1.165, 1.54) is 47.3 Å². The lowest BCUT2D eigenvalue weighted by Crippen LogP contribution is -2.31. The zero-order chi connectivity index (χ0) is 19.1. The van der Waals surface area contributed by atoms with E-state index in [1.54, 1.807) is 0 Å². The van der Waals surface area contributed by atoms with Gasteiger partial charge in [0, 0.05) is 12.5 Å². The third kappa shape index (κ3) is 5.36. The summed E-state index contributed by atoms with van der Waals surface area (Å²) in [6.45, 7) is 2.60. The van der Waals surface area contributed by atoms with Gasteiger partial charge < -0.3 is 24.1 Å². The van der Waals surface area contributed by atoms with Crippen LogP contribution in [0, 0.1) is 0 Å². The van der Waals surface area contributed by atoms with Crippen LogP contribution < -0.4 is 14.2 Å². The molecule has 0 saturated heterocycles. The molecule has 2 atom stereocenters. The van der Waals surface area contributed by atoms with Gasteiger partial charge in [-0.1, -0.05) is 11.8 Å². The Labute approximate surface area is 149 Å². The molecule has 0 radical (unpaired) electrons. The third-order valence-corrected chi connectivity index (χ3v) is 4.34. The maximum absolute atomic E-state index is 12.5. The Morgan fingerprint density at radius 2 is 1.60 bits per heavy atom. The van der Waals surface area contributed by atoms with E-state index in [9.17, 15) is 19.5 Å². The predicted octanol–water partition coefficient (Wildman–Crippen LogP) is 1.42. The molecule has 0 unspecified atom stereocenters. The van der Waals surface area contributed by atoms with Crippen LogP contribution in [-0.4, -0.2) is 54.8 Å². The summed E-state index contributed by atoms with van der Waals surface area (Å²) in [5, 5.41) is 8.08. The van der Waals surface area contributed by atoms with Crippen molar-refractivity contribution in [3.63, 3.8) is 0 Å². The second-order valence-corrected chi connectivity index (χ2v) is 6.01. The van der Waals surface area contributed by atoms with Crippen LogP contribution in [0.2, 0.25) is 0 Å². The highest BCUT2D eigenvalue weighted by molar-refractivity contribution is 8.15. The quantitative estimate of drug-likeness (QED) is 0.561. The Bertz CT molecular complexity index is 631. The number of carbonyl (C=O) groups excluding carboxylic acids is 3. The summed E-state index contributed by atoms with van der Waals surface area (Å²) in [6.07, 6.45) is -1.09. The molecule has 0 fully saturated rings. The molecule has 0 saturated carbocycles. The van der Waals surface area contributed by atoms with Crippen molar-refractivity contribution in [2.75, 3.05) is 21.3 Å². The Balaban J connectivity index is 3.21. The zero-order valence-electron chi connectivity index (χ0n) is 14.5. The van der Waals surface area contributed by atoms with Crippen molar-refractivity contribution in [1.82, 2.24) is 0 Å². The summed E-state index contributed by atoms with van der Waals surface area (Å²) in [6, 6.07) is 2.71. The molecule has 0 spiro atoms. The normalized spacial score (nSPS) is 12.7. The minimum absolute atomic E-state index is 0.0408. The minimum atomic E-state index is -1.09. The van der Waals surface area contributed by atoms with Crippen molar-refractivity contribution >= 4 is 28.8 Å². The first-order chi connectivity index (χ1) is 11.7. The number of carbonyl (C=O) groups is 3. The summed E-state index contributed by atoms with van der Waals surface area (Å²) in [5.74, 6) is -1.02.